The predicted octanol–water partition coefficient (Wildman–Crippen LogP) is -1.31. The molecule has 0 aliphatic heterocycles. The second kappa shape index (κ2) is 3.64. The SMILES string of the molecule is Cc1nc2c(oc3ccccc32)c(N)[nH+]1.[Cl-]. The van der Waals surface area contributed by atoms with Gasteiger partial charge in [-0.1, -0.05) is 12.1 Å². The van der Waals surface area contributed by atoms with Crippen LogP contribution in [0.15, 0.2) is 28.7 Å². The average molecular weight is 236 g/mol. The standard InChI is InChI=1S/C11H9N3O.ClH/c1-6-13-9-7-4-2-3-5-8(7)15-10(9)11(12)14-6;/h2-5H,1H3,(H2,12,13,14);1H. The fourth-order valence-electron chi connectivity index (χ4n) is 1.77. The predicted molar refractivity (Wildman–Crippen MR) is 57.2 cm³/mol. The van der Waals surface area contributed by atoms with Gasteiger partial charge in [0.25, 0.3) is 5.82 Å². The molecule has 0 aliphatic rings. The quantitative estimate of drug-likeness (QED) is 0.526. The van der Waals surface area contributed by atoms with Crippen LogP contribution in [0.2, 0.25) is 0 Å². The summed E-state index contributed by atoms with van der Waals surface area (Å²) >= 11 is 0. The molecule has 0 bridgehead atoms. The molecule has 3 aromatic rings. The van der Waals surface area contributed by atoms with Crippen LogP contribution in [0.5, 0.6) is 0 Å². The van der Waals surface area contributed by atoms with E-state index in [2.05, 4.69) is 9.97 Å². The Bertz CT molecular complexity index is 663. The highest BCUT2D eigenvalue weighted by Gasteiger charge is 2.16. The lowest BCUT2D eigenvalue weighted by Gasteiger charge is -1.88. The van der Waals surface area contributed by atoms with Crippen molar-refractivity contribution in [3.8, 4) is 0 Å². The van der Waals surface area contributed by atoms with Crippen molar-refractivity contribution in [3.63, 3.8) is 0 Å². The largest absolute Gasteiger partial charge is 1.00 e. The molecule has 0 unspecified atom stereocenters. The second-order valence-electron chi connectivity index (χ2n) is 3.51. The number of benzene rings is 1. The number of nitrogens with zero attached hydrogens (tertiary/aromatic N) is 1. The number of aromatic amines is 1. The normalized spacial score (nSPS) is 10.6. The number of H-pyrrole nitrogens is 1. The highest BCUT2D eigenvalue weighted by atomic mass is 35.5. The number of nitrogens with one attached hydrogen (secondary N) is 1. The highest BCUT2D eigenvalue weighted by molar-refractivity contribution is 6.04. The van der Waals surface area contributed by atoms with E-state index in [0.717, 1.165) is 22.3 Å². The maximum absolute atomic E-state index is 5.83. The van der Waals surface area contributed by atoms with Crippen molar-refractivity contribution in [1.29, 1.82) is 0 Å². The van der Waals surface area contributed by atoms with Crippen molar-refractivity contribution < 1.29 is 21.8 Å². The summed E-state index contributed by atoms with van der Waals surface area (Å²) in [5.41, 5.74) is 8.09. The van der Waals surface area contributed by atoms with E-state index in [1.165, 1.54) is 0 Å². The summed E-state index contributed by atoms with van der Waals surface area (Å²) in [4.78, 5) is 7.34. The van der Waals surface area contributed by atoms with Gasteiger partial charge in [0.05, 0.1) is 5.39 Å². The summed E-state index contributed by atoms with van der Waals surface area (Å²) in [7, 11) is 0. The van der Waals surface area contributed by atoms with Gasteiger partial charge in [-0.2, -0.15) is 0 Å². The number of hydrogen-bond acceptors (Lipinski definition) is 3. The third-order valence-corrected chi connectivity index (χ3v) is 2.41. The van der Waals surface area contributed by atoms with Crippen LogP contribution in [0.1, 0.15) is 5.82 Å². The molecule has 1 aromatic carbocycles. The number of anilines is 1. The van der Waals surface area contributed by atoms with Gasteiger partial charge in [0.1, 0.15) is 5.58 Å². The van der Waals surface area contributed by atoms with Crippen molar-refractivity contribution in [3.05, 3.63) is 30.1 Å². The van der Waals surface area contributed by atoms with Crippen molar-refractivity contribution in [2.75, 3.05) is 5.73 Å². The van der Waals surface area contributed by atoms with E-state index in [4.69, 9.17) is 10.2 Å². The van der Waals surface area contributed by atoms with Crippen LogP contribution in [0.3, 0.4) is 0 Å². The number of para-hydroxylation sites is 1. The van der Waals surface area contributed by atoms with E-state index >= 15 is 0 Å². The van der Waals surface area contributed by atoms with Gasteiger partial charge in [-0.05, 0) is 12.1 Å². The van der Waals surface area contributed by atoms with Crippen LogP contribution in [0.25, 0.3) is 22.1 Å². The van der Waals surface area contributed by atoms with Crippen molar-refractivity contribution in [2.45, 2.75) is 6.92 Å². The van der Waals surface area contributed by atoms with Gasteiger partial charge in [0, 0.05) is 6.92 Å². The van der Waals surface area contributed by atoms with Crippen molar-refractivity contribution in [1.82, 2.24) is 4.98 Å². The van der Waals surface area contributed by atoms with E-state index in [1.54, 1.807) is 0 Å². The van der Waals surface area contributed by atoms with Gasteiger partial charge < -0.3 is 22.6 Å². The molecule has 3 N–H and O–H groups in total. The molecule has 4 nitrogen and oxygen atoms in total. The number of furan rings is 1. The van der Waals surface area contributed by atoms with Gasteiger partial charge in [-0.15, -0.1) is 4.98 Å². The summed E-state index contributed by atoms with van der Waals surface area (Å²) in [6, 6.07) is 7.78. The minimum atomic E-state index is 0. The summed E-state index contributed by atoms with van der Waals surface area (Å²) in [6.07, 6.45) is 0. The minimum absolute atomic E-state index is 0. The number of nitrogen functional groups attached to an aromatic ring is 1. The number of rotatable bonds is 0. The van der Waals surface area contributed by atoms with Crippen LogP contribution in [0, 0.1) is 6.92 Å². The maximum atomic E-state index is 5.83. The van der Waals surface area contributed by atoms with Crippen LogP contribution in [-0.2, 0) is 0 Å². The number of aromatic nitrogens is 2. The van der Waals surface area contributed by atoms with Gasteiger partial charge in [-0.3, -0.25) is 0 Å². The lowest BCUT2D eigenvalue weighted by Crippen LogP contribution is -3.00. The summed E-state index contributed by atoms with van der Waals surface area (Å²) < 4.78 is 5.62. The van der Waals surface area contributed by atoms with Crippen LogP contribution >= 0.6 is 0 Å². The maximum Gasteiger partial charge on any atom is 0.264 e. The lowest BCUT2D eigenvalue weighted by atomic mass is 10.2. The summed E-state index contributed by atoms with van der Waals surface area (Å²) in [5.74, 6) is 1.31. The number of aryl methyl sites for hydroxylation is 1. The number of fused-ring (bicyclic) bond motifs is 3. The van der Waals surface area contributed by atoms with Gasteiger partial charge in [0.2, 0.25) is 11.4 Å². The van der Waals surface area contributed by atoms with Crippen LogP contribution in [-0.4, -0.2) is 4.98 Å². The Balaban J connectivity index is 0.000000963. The Morgan fingerprint density at radius 2 is 2.06 bits per heavy atom. The van der Waals surface area contributed by atoms with E-state index in [9.17, 15) is 0 Å². The molecule has 0 radical (unpaired) electrons. The van der Waals surface area contributed by atoms with Gasteiger partial charge >= 0.3 is 0 Å². The molecular formula is C11H10ClN3O. The zero-order valence-corrected chi connectivity index (χ0v) is 9.38. The molecule has 0 fully saturated rings. The third kappa shape index (κ3) is 1.39. The zero-order chi connectivity index (χ0) is 10.4. The Morgan fingerprint density at radius 1 is 1.31 bits per heavy atom. The summed E-state index contributed by atoms with van der Waals surface area (Å²) in [5, 5.41) is 0.997. The fraction of sp³-hybridized carbons (Fsp3) is 0.0909. The Hall–Kier alpha value is -1.81. The molecule has 0 amide bonds. The molecule has 0 atom stereocenters. The van der Waals surface area contributed by atoms with Crippen LogP contribution in [0.4, 0.5) is 5.82 Å². The first-order chi connectivity index (χ1) is 7.25. The molecule has 2 aromatic heterocycles. The minimum Gasteiger partial charge on any atom is -1.00 e. The molecule has 16 heavy (non-hydrogen) atoms. The number of hydrogen-bond donors (Lipinski definition) is 1. The molecular weight excluding hydrogens is 226 g/mol. The first kappa shape index (κ1) is 10.7. The first-order valence-electron chi connectivity index (χ1n) is 4.72. The van der Waals surface area contributed by atoms with E-state index in [0.29, 0.717) is 11.4 Å². The van der Waals surface area contributed by atoms with E-state index in [1.807, 2.05) is 31.2 Å². The zero-order valence-electron chi connectivity index (χ0n) is 8.62. The average Bonchev–Trinajstić information content (AvgIpc) is 2.57. The Kier molecular flexibility index (Phi) is 2.44. The van der Waals surface area contributed by atoms with E-state index < -0.39 is 0 Å². The molecule has 0 saturated heterocycles. The molecule has 0 spiro atoms. The smallest absolute Gasteiger partial charge is 0.264 e. The molecule has 0 saturated carbocycles. The van der Waals surface area contributed by atoms with Gasteiger partial charge in [0.15, 0.2) is 5.52 Å². The monoisotopic (exact) mass is 235 g/mol. The lowest BCUT2D eigenvalue weighted by molar-refractivity contribution is -0.373. The van der Waals surface area contributed by atoms with Crippen LogP contribution < -0.4 is 23.1 Å². The van der Waals surface area contributed by atoms with Crippen molar-refractivity contribution >= 4 is 27.9 Å². The highest BCUT2D eigenvalue weighted by Crippen LogP contribution is 2.28. The molecule has 2 heterocycles. The third-order valence-electron chi connectivity index (χ3n) is 2.41. The molecule has 0 aliphatic carbocycles. The number of nitrogens with two attached hydrogens (primary N) is 1. The Labute approximate surface area is 97.9 Å². The van der Waals surface area contributed by atoms with Crippen molar-refractivity contribution in [2.24, 2.45) is 0 Å². The number of halogens is 1. The first-order valence-corrected chi connectivity index (χ1v) is 4.72. The molecule has 3 rings (SSSR count). The molecule has 82 valence electrons. The van der Waals surface area contributed by atoms with E-state index in [-0.39, 0.29) is 12.4 Å². The fourth-order valence-corrected chi connectivity index (χ4v) is 1.77. The summed E-state index contributed by atoms with van der Waals surface area (Å²) in [6.45, 7) is 1.87. The topological polar surface area (TPSA) is 66.2 Å². The van der Waals surface area contributed by atoms with Gasteiger partial charge in [-0.25, -0.2) is 4.98 Å². The Morgan fingerprint density at radius 3 is 2.88 bits per heavy atom. The molecule has 5 heteroatoms. The second-order valence-corrected chi connectivity index (χ2v) is 3.51.